The molecule has 0 radical (unpaired) electrons. The van der Waals surface area contributed by atoms with Gasteiger partial charge in [-0.15, -0.1) is 0 Å². The number of rotatable bonds is 13. The zero-order valence-corrected chi connectivity index (χ0v) is 15.4. The number of hydrogen-bond acceptors (Lipinski definition) is 7. The van der Waals surface area contributed by atoms with Crippen molar-refractivity contribution in [2.45, 2.75) is 39.5 Å². The molecule has 0 saturated heterocycles. The molecular formula is C12H28O7P2. The molecule has 0 spiro atoms. The number of ether oxygens (including phenoxy) is 1. The predicted octanol–water partition coefficient (Wildman–Crippen LogP) is 3.88. The van der Waals surface area contributed by atoms with E-state index in [1.54, 1.807) is 27.7 Å². The van der Waals surface area contributed by atoms with Crippen LogP contribution in [0.3, 0.4) is 0 Å². The summed E-state index contributed by atoms with van der Waals surface area (Å²) in [7, 11) is -5.76. The first-order chi connectivity index (χ1) is 9.94. The van der Waals surface area contributed by atoms with E-state index < -0.39 is 20.6 Å². The van der Waals surface area contributed by atoms with Crippen molar-refractivity contribution in [1.29, 1.82) is 0 Å². The Balaban J connectivity index is 5.57. The third-order valence-electron chi connectivity index (χ3n) is 2.55. The highest BCUT2D eigenvalue weighted by atomic mass is 31.2. The third kappa shape index (κ3) is 6.49. The first kappa shape index (κ1) is 21.3. The molecule has 0 aromatic heterocycles. The summed E-state index contributed by atoms with van der Waals surface area (Å²) in [5.74, 6) is 0. The second-order valence-electron chi connectivity index (χ2n) is 4.01. The predicted molar refractivity (Wildman–Crippen MR) is 82.0 cm³/mol. The average Bonchev–Trinajstić information content (AvgIpc) is 2.40. The molecule has 0 atom stereocenters. The molecule has 0 amide bonds. The summed E-state index contributed by atoms with van der Waals surface area (Å²) in [5, 5.41) is -0.996. The molecule has 7 nitrogen and oxygen atoms in total. The minimum Gasteiger partial charge on any atom is -0.385 e. The second kappa shape index (κ2) is 10.9. The molecule has 0 N–H and O–H groups in total. The topological polar surface area (TPSA) is 80.3 Å². The molecule has 0 saturated carbocycles. The molecule has 0 aromatic carbocycles. The lowest BCUT2D eigenvalue weighted by molar-refractivity contribution is 0.169. The monoisotopic (exact) mass is 346 g/mol. The van der Waals surface area contributed by atoms with Gasteiger partial charge >= 0.3 is 15.2 Å². The van der Waals surface area contributed by atoms with Crippen molar-refractivity contribution < 1.29 is 32.0 Å². The summed E-state index contributed by atoms with van der Waals surface area (Å²) < 4.78 is 52.2. The summed E-state index contributed by atoms with van der Waals surface area (Å²) in [6.07, 6.45) is 0.199. The van der Waals surface area contributed by atoms with Gasteiger partial charge in [-0.3, -0.25) is 9.13 Å². The van der Waals surface area contributed by atoms with Crippen LogP contribution in [0.2, 0.25) is 0 Å². The van der Waals surface area contributed by atoms with Gasteiger partial charge in [-0.25, -0.2) is 0 Å². The van der Waals surface area contributed by atoms with Crippen molar-refractivity contribution in [2.75, 3.05) is 40.1 Å². The standard InChI is InChI=1S/C12H28O7P2/c1-6-16-20(13,17-7-2)12(10-11-15-5)21(14,18-8-3)19-9-4/h12H,6-11H2,1-5H3. The minimum atomic E-state index is -3.63. The highest BCUT2D eigenvalue weighted by Crippen LogP contribution is 2.71. The van der Waals surface area contributed by atoms with Gasteiger partial charge in [-0.1, -0.05) is 0 Å². The Kier molecular flexibility index (Phi) is 11.0. The molecule has 21 heavy (non-hydrogen) atoms. The normalized spacial score (nSPS) is 13.0. The van der Waals surface area contributed by atoms with Crippen LogP contribution in [0.1, 0.15) is 34.1 Å². The maximum Gasteiger partial charge on any atom is 0.345 e. The molecule has 0 aliphatic rings. The summed E-state index contributed by atoms with van der Waals surface area (Å²) in [6.45, 7) is 7.77. The van der Waals surface area contributed by atoms with E-state index in [4.69, 9.17) is 22.8 Å². The van der Waals surface area contributed by atoms with Crippen LogP contribution in [0.4, 0.5) is 0 Å². The fourth-order valence-electron chi connectivity index (χ4n) is 1.85. The fourth-order valence-corrected chi connectivity index (χ4v) is 7.16. The van der Waals surface area contributed by atoms with Crippen molar-refractivity contribution in [3.05, 3.63) is 0 Å². The van der Waals surface area contributed by atoms with Gasteiger partial charge in [-0.2, -0.15) is 0 Å². The van der Waals surface area contributed by atoms with E-state index in [-0.39, 0.29) is 39.5 Å². The Hall–Kier alpha value is 0.260. The van der Waals surface area contributed by atoms with Crippen molar-refractivity contribution in [3.8, 4) is 0 Å². The van der Waals surface area contributed by atoms with Crippen LogP contribution in [0.25, 0.3) is 0 Å². The van der Waals surface area contributed by atoms with Crippen molar-refractivity contribution in [1.82, 2.24) is 0 Å². The Bertz CT molecular complexity index is 312. The lowest BCUT2D eigenvalue weighted by Gasteiger charge is -2.31. The van der Waals surface area contributed by atoms with E-state index in [2.05, 4.69) is 0 Å². The molecule has 0 fully saturated rings. The number of methoxy groups -OCH3 is 1. The van der Waals surface area contributed by atoms with Crippen molar-refractivity contribution in [2.24, 2.45) is 0 Å². The molecule has 0 unspecified atom stereocenters. The Labute approximate surface area is 127 Å². The maximum atomic E-state index is 13.0. The number of hydrogen-bond donors (Lipinski definition) is 0. The van der Waals surface area contributed by atoms with E-state index in [9.17, 15) is 9.13 Å². The van der Waals surface area contributed by atoms with Gasteiger partial charge in [0.1, 0.15) is 0 Å². The largest absolute Gasteiger partial charge is 0.385 e. The fraction of sp³-hybridized carbons (Fsp3) is 1.00. The molecule has 0 bridgehead atoms. The van der Waals surface area contributed by atoms with Gasteiger partial charge in [0.25, 0.3) is 0 Å². The third-order valence-corrected chi connectivity index (χ3v) is 8.69. The average molecular weight is 346 g/mol. The van der Waals surface area contributed by atoms with E-state index >= 15 is 0 Å². The molecule has 0 aliphatic carbocycles. The molecule has 0 heterocycles. The highest BCUT2D eigenvalue weighted by Gasteiger charge is 2.50. The molecule has 0 rings (SSSR count). The summed E-state index contributed by atoms with van der Waals surface area (Å²) >= 11 is 0. The smallest absolute Gasteiger partial charge is 0.345 e. The maximum absolute atomic E-state index is 13.0. The van der Waals surface area contributed by atoms with Crippen LogP contribution in [-0.2, 0) is 32.0 Å². The second-order valence-corrected chi connectivity index (χ2v) is 8.86. The summed E-state index contributed by atoms with van der Waals surface area (Å²) in [4.78, 5) is 0. The Morgan fingerprint density at radius 2 is 1.10 bits per heavy atom. The molecule has 0 aromatic rings. The van der Waals surface area contributed by atoms with Crippen LogP contribution in [-0.4, -0.2) is 45.5 Å². The molecule has 0 aliphatic heterocycles. The first-order valence-electron chi connectivity index (χ1n) is 7.20. The van der Waals surface area contributed by atoms with Crippen LogP contribution >= 0.6 is 15.2 Å². The van der Waals surface area contributed by atoms with Crippen LogP contribution < -0.4 is 0 Å². The van der Waals surface area contributed by atoms with Gasteiger partial charge in [0.05, 0.1) is 26.4 Å². The van der Waals surface area contributed by atoms with E-state index in [0.29, 0.717) is 0 Å². The van der Waals surface area contributed by atoms with E-state index in [0.717, 1.165) is 0 Å². The quantitative estimate of drug-likeness (QED) is 0.468. The van der Waals surface area contributed by atoms with Crippen LogP contribution in [0.15, 0.2) is 0 Å². The lowest BCUT2D eigenvalue weighted by Crippen LogP contribution is -2.19. The van der Waals surface area contributed by atoms with Crippen molar-refractivity contribution >= 4 is 15.2 Å². The van der Waals surface area contributed by atoms with E-state index in [1.165, 1.54) is 7.11 Å². The lowest BCUT2D eigenvalue weighted by atomic mass is 10.5. The Morgan fingerprint density at radius 1 is 0.762 bits per heavy atom. The first-order valence-corrected chi connectivity index (χ1v) is 10.4. The molecule has 128 valence electrons. The van der Waals surface area contributed by atoms with Gasteiger partial charge < -0.3 is 22.8 Å². The summed E-state index contributed by atoms with van der Waals surface area (Å²) in [5.41, 5.74) is 0. The zero-order chi connectivity index (χ0) is 16.4. The highest BCUT2D eigenvalue weighted by molar-refractivity contribution is 7.72. The molecule has 9 heteroatoms. The van der Waals surface area contributed by atoms with Gasteiger partial charge in [0.2, 0.25) is 0 Å². The zero-order valence-electron chi connectivity index (χ0n) is 13.6. The van der Waals surface area contributed by atoms with E-state index in [1.807, 2.05) is 0 Å². The minimum absolute atomic E-state index is 0.180. The van der Waals surface area contributed by atoms with Gasteiger partial charge in [0, 0.05) is 13.7 Å². The van der Waals surface area contributed by atoms with Crippen LogP contribution in [0.5, 0.6) is 0 Å². The van der Waals surface area contributed by atoms with Gasteiger partial charge in [-0.05, 0) is 34.1 Å². The summed E-state index contributed by atoms with van der Waals surface area (Å²) in [6, 6.07) is 0. The van der Waals surface area contributed by atoms with Crippen LogP contribution in [0, 0.1) is 0 Å². The molecular weight excluding hydrogens is 318 g/mol. The SMILES string of the molecule is CCOP(=O)(OCC)C(CCOC)P(=O)(OCC)OCC. The van der Waals surface area contributed by atoms with Gasteiger partial charge in [0.15, 0.2) is 5.40 Å². The van der Waals surface area contributed by atoms with Crippen molar-refractivity contribution in [3.63, 3.8) is 0 Å². The Morgan fingerprint density at radius 3 is 1.33 bits per heavy atom.